The van der Waals surface area contributed by atoms with Crippen LogP contribution >= 0.6 is 0 Å². The molecule has 10 aromatic carbocycles. The SMILES string of the molecule is c1ccc(-c2cccc(-c3cc(-c4ccccc4-c4c5ccccc5c(-c5cccc6c5-c5cc7ccccc7cc5C65CCCCC5)c5ccccc45)nc(-c4ccccc4)n3)c2)cc1. The number of hydrogen-bond acceptors (Lipinski definition) is 2. The molecule has 0 N–H and O–H groups in total. The first-order valence-corrected chi connectivity index (χ1v) is 23.5. The number of rotatable bonds is 6. The van der Waals surface area contributed by atoms with Crippen LogP contribution in [0.3, 0.4) is 0 Å². The molecule has 2 aliphatic rings. The highest BCUT2D eigenvalue weighted by molar-refractivity contribution is 6.23. The van der Waals surface area contributed by atoms with Crippen molar-refractivity contribution in [3.05, 3.63) is 230 Å². The minimum absolute atomic E-state index is 0.0330. The minimum atomic E-state index is 0.0330. The number of aromatic nitrogens is 2. The molecule has 2 aliphatic carbocycles. The number of nitrogens with zero attached hydrogens (tertiary/aromatic N) is 2. The standard InChI is InChI=1S/C64H46N2/c1-4-20-42(21-5-1)44-26-18-27-47(38-44)58-41-59(66-63(65-58)43-22-6-2-7-23-43)48-28-10-11-29-49(48)60-50-30-12-14-32-52(50)61(53-33-15-13-31-51(53)60)54-34-19-35-56-62(54)55-39-45-24-8-9-25-46(45)40-57(55)64(56)36-16-3-17-37-64/h1-2,4-15,18-35,38-41H,3,16-17,36-37H2. The summed E-state index contributed by atoms with van der Waals surface area (Å²) in [5.74, 6) is 0.704. The smallest absolute Gasteiger partial charge is 0.160 e. The zero-order valence-corrected chi connectivity index (χ0v) is 36.7. The van der Waals surface area contributed by atoms with Gasteiger partial charge in [-0.15, -0.1) is 0 Å². The maximum Gasteiger partial charge on any atom is 0.160 e. The van der Waals surface area contributed by atoms with Gasteiger partial charge in [0.15, 0.2) is 5.82 Å². The Kier molecular flexibility index (Phi) is 9.13. The largest absolute Gasteiger partial charge is 0.228 e. The van der Waals surface area contributed by atoms with E-state index in [-0.39, 0.29) is 5.41 Å². The molecule has 0 unspecified atom stereocenters. The highest BCUT2D eigenvalue weighted by atomic mass is 14.9. The van der Waals surface area contributed by atoms with E-state index in [0.29, 0.717) is 5.82 Å². The van der Waals surface area contributed by atoms with Crippen LogP contribution in [0, 0.1) is 0 Å². The Morgan fingerprint density at radius 2 is 0.818 bits per heavy atom. The third-order valence-corrected chi connectivity index (χ3v) is 14.7. The van der Waals surface area contributed by atoms with Gasteiger partial charge in [0, 0.05) is 22.1 Å². The second-order valence-electron chi connectivity index (χ2n) is 18.3. The summed E-state index contributed by atoms with van der Waals surface area (Å²) in [6.07, 6.45) is 6.22. The molecule has 0 radical (unpaired) electrons. The van der Waals surface area contributed by atoms with E-state index in [1.54, 1.807) is 0 Å². The van der Waals surface area contributed by atoms with Gasteiger partial charge in [0.25, 0.3) is 0 Å². The molecule has 1 heterocycles. The summed E-state index contributed by atoms with van der Waals surface area (Å²) in [6.45, 7) is 0. The van der Waals surface area contributed by atoms with Gasteiger partial charge in [0.1, 0.15) is 0 Å². The summed E-state index contributed by atoms with van der Waals surface area (Å²) in [6, 6.07) is 80.1. The lowest BCUT2D eigenvalue weighted by Gasteiger charge is -2.36. The molecule has 66 heavy (non-hydrogen) atoms. The first-order valence-electron chi connectivity index (χ1n) is 23.5. The van der Waals surface area contributed by atoms with Crippen molar-refractivity contribution in [2.75, 3.05) is 0 Å². The van der Waals surface area contributed by atoms with E-state index in [0.717, 1.165) is 39.2 Å². The maximum absolute atomic E-state index is 5.40. The lowest BCUT2D eigenvalue weighted by Crippen LogP contribution is -2.28. The molecule has 1 spiro atoms. The minimum Gasteiger partial charge on any atom is -0.228 e. The Hall–Kier alpha value is -7.94. The van der Waals surface area contributed by atoms with Crippen molar-refractivity contribution in [1.82, 2.24) is 9.97 Å². The summed E-state index contributed by atoms with van der Waals surface area (Å²) < 4.78 is 0. The number of benzene rings is 10. The van der Waals surface area contributed by atoms with Crippen molar-refractivity contribution in [2.45, 2.75) is 37.5 Å². The third-order valence-electron chi connectivity index (χ3n) is 14.7. The predicted octanol–water partition coefficient (Wildman–Crippen LogP) is 17.2. The van der Waals surface area contributed by atoms with Gasteiger partial charge < -0.3 is 0 Å². The molecule has 2 heteroatoms. The van der Waals surface area contributed by atoms with E-state index in [1.807, 2.05) is 6.07 Å². The van der Waals surface area contributed by atoms with Crippen LogP contribution < -0.4 is 0 Å². The fraction of sp³-hybridized carbons (Fsp3) is 0.0938. The molecule has 0 bridgehead atoms. The topological polar surface area (TPSA) is 25.8 Å². The Labute approximate surface area is 385 Å². The van der Waals surface area contributed by atoms with Gasteiger partial charge in [-0.05, 0) is 125 Å². The van der Waals surface area contributed by atoms with Crippen LogP contribution in [0.1, 0.15) is 43.2 Å². The van der Waals surface area contributed by atoms with E-state index in [2.05, 4.69) is 212 Å². The quantitative estimate of drug-likeness (QED) is 0.156. The second-order valence-corrected chi connectivity index (χ2v) is 18.3. The second kappa shape index (κ2) is 15.6. The van der Waals surface area contributed by atoms with Gasteiger partial charge in [0.2, 0.25) is 0 Å². The van der Waals surface area contributed by atoms with Crippen molar-refractivity contribution in [2.24, 2.45) is 0 Å². The highest BCUT2D eigenvalue weighted by Crippen LogP contribution is 2.60. The van der Waals surface area contributed by atoms with E-state index < -0.39 is 0 Å². The Morgan fingerprint density at radius 3 is 1.52 bits per heavy atom. The van der Waals surface area contributed by atoms with Crippen molar-refractivity contribution in [3.8, 4) is 78.4 Å². The fourth-order valence-electron chi connectivity index (χ4n) is 11.7. The molecule has 0 amide bonds. The molecule has 0 aliphatic heterocycles. The molecular weight excluding hydrogens is 797 g/mol. The van der Waals surface area contributed by atoms with Crippen LogP contribution in [0.5, 0.6) is 0 Å². The Balaban J connectivity index is 1.05. The molecule has 1 saturated carbocycles. The van der Waals surface area contributed by atoms with Crippen LogP contribution in [-0.2, 0) is 5.41 Å². The van der Waals surface area contributed by atoms with Crippen LogP contribution in [0.25, 0.3) is 111 Å². The van der Waals surface area contributed by atoms with Gasteiger partial charge >= 0.3 is 0 Å². The molecular formula is C64H46N2. The molecule has 2 nitrogen and oxygen atoms in total. The summed E-state index contributed by atoms with van der Waals surface area (Å²) in [7, 11) is 0. The van der Waals surface area contributed by atoms with Crippen LogP contribution in [-0.4, -0.2) is 9.97 Å². The molecule has 312 valence electrons. The molecule has 11 aromatic rings. The lowest BCUT2D eigenvalue weighted by atomic mass is 9.67. The average Bonchev–Trinajstić information content (AvgIpc) is 3.65. The van der Waals surface area contributed by atoms with E-state index in [4.69, 9.17) is 9.97 Å². The third kappa shape index (κ3) is 6.16. The molecule has 13 rings (SSSR count). The summed E-state index contributed by atoms with van der Waals surface area (Å²) in [4.78, 5) is 10.7. The zero-order chi connectivity index (χ0) is 43.6. The molecule has 0 saturated heterocycles. The molecule has 1 fully saturated rings. The summed E-state index contributed by atoms with van der Waals surface area (Å²) >= 11 is 0. The number of hydrogen-bond donors (Lipinski definition) is 0. The van der Waals surface area contributed by atoms with Crippen molar-refractivity contribution >= 4 is 32.3 Å². The van der Waals surface area contributed by atoms with Gasteiger partial charge in [-0.1, -0.05) is 213 Å². The van der Waals surface area contributed by atoms with Crippen molar-refractivity contribution < 1.29 is 0 Å². The monoisotopic (exact) mass is 842 g/mol. The predicted molar refractivity (Wildman–Crippen MR) is 276 cm³/mol. The number of fused-ring (bicyclic) bond motifs is 8. The molecule has 0 atom stereocenters. The van der Waals surface area contributed by atoms with Gasteiger partial charge in [-0.3, -0.25) is 0 Å². The first kappa shape index (κ1) is 38.5. The van der Waals surface area contributed by atoms with E-state index >= 15 is 0 Å². The maximum atomic E-state index is 5.40. The van der Waals surface area contributed by atoms with Crippen molar-refractivity contribution in [1.29, 1.82) is 0 Å². The highest BCUT2D eigenvalue weighted by Gasteiger charge is 2.45. The lowest BCUT2D eigenvalue weighted by molar-refractivity contribution is 0.353. The average molecular weight is 843 g/mol. The van der Waals surface area contributed by atoms with Gasteiger partial charge in [0.05, 0.1) is 11.4 Å². The molecule has 1 aromatic heterocycles. The van der Waals surface area contributed by atoms with Gasteiger partial charge in [-0.25, -0.2) is 9.97 Å². The summed E-state index contributed by atoms with van der Waals surface area (Å²) in [5.41, 5.74) is 18.1. The first-order chi connectivity index (χ1) is 32.7. The van der Waals surface area contributed by atoms with Gasteiger partial charge in [-0.2, -0.15) is 0 Å². The van der Waals surface area contributed by atoms with Crippen LogP contribution in [0.15, 0.2) is 218 Å². The van der Waals surface area contributed by atoms with E-state index in [9.17, 15) is 0 Å². The van der Waals surface area contributed by atoms with E-state index in [1.165, 1.54) is 109 Å². The van der Waals surface area contributed by atoms with Crippen molar-refractivity contribution in [3.63, 3.8) is 0 Å². The Bertz CT molecular complexity index is 3620. The normalized spacial score (nSPS) is 13.9. The fourth-order valence-corrected chi connectivity index (χ4v) is 11.7. The zero-order valence-electron chi connectivity index (χ0n) is 36.7. The summed E-state index contributed by atoms with van der Waals surface area (Å²) in [5, 5.41) is 7.61. The van der Waals surface area contributed by atoms with Crippen LogP contribution in [0.2, 0.25) is 0 Å². The Morgan fingerprint density at radius 1 is 0.303 bits per heavy atom. The van der Waals surface area contributed by atoms with Crippen LogP contribution in [0.4, 0.5) is 0 Å².